The summed E-state index contributed by atoms with van der Waals surface area (Å²) in [5.74, 6) is 0.469. The van der Waals surface area contributed by atoms with Crippen LogP contribution in [0.1, 0.15) is 16.8 Å². The molecule has 0 bridgehead atoms. The molecular weight excluding hydrogens is 334 g/mol. The SMILES string of the molecule is Cc1cc(NC(=O)C=Cc2ccc(Cl)cc2)n(Cc2ccccc2)n1. The normalized spacial score (nSPS) is 11.0. The molecule has 1 N–H and O–H groups in total. The summed E-state index contributed by atoms with van der Waals surface area (Å²) in [5.41, 5.74) is 2.89. The van der Waals surface area contributed by atoms with E-state index >= 15 is 0 Å². The molecule has 1 amide bonds. The molecule has 0 unspecified atom stereocenters. The fourth-order valence-corrected chi connectivity index (χ4v) is 2.56. The Morgan fingerprint density at radius 1 is 1.16 bits per heavy atom. The first kappa shape index (κ1) is 17.0. The largest absolute Gasteiger partial charge is 0.307 e. The summed E-state index contributed by atoms with van der Waals surface area (Å²) in [7, 11) is 0. The zero-order valence-corrected chi connectivity index (χ0v) is 14.6. The average Bonchev–Trinajstić information content (AvgIpc) is 2.94. The van der Waals surface area contributed by atoms with Crippen molar-refractivity contribution in [1.29, 1.82) is 0 Å². The van der Waals surface area contributed by atoms with Gasteiger partial charge in [-0.2, -0.15) is 5.10 Å². The van der Waals surface area contributed by atoms with Crippen molar-refractivity contribution in [3.05, 3.63) is 88.6 Å². The lowest BCUT2D eigenvalue weighted by Gasteiger charge is -2.07. The number of hydrogen-bond donors (Lipinski definition) is 1. The number of nitrogens with zero attached hydrogens (tertiary/aromatic N) is 2. The number of nitrogens with one attached hydrogen (secondary N) is 1. The zero-order valence-electron chi connectivity index (χ0n) is 13.8. The Morgan fingerprint density at radius 2 is 1.88 bits per heavy atom. The molecule has 0 aliphatic carbocycles. The van der Waals surface area contributed by atoms with Crippen molar-refractivity contribution in [1.82, 2.24) is 9.78 Å². The Hall–Kier alpha value is -2.85. The van der Waals surface area contributed by atoms with Crippen molar-refractivity contribution in [2.24, 2.45) is 0 Å². The third kappa shape index (κ3) is 4.81. The highest BCUT2D eigenvalue weighted by Crippen LogP contribution is 2.14. The molecule has 3 aromatic rings. The van der Waals surface area contributed by atoms with Crippen LogP contribution < -0.4 is 5.32 Å². The summed E-state index contributed by atoms with van der Waals surface area (Å²) in [5, 5.41) is 8.00. The van der Waals surface area contributed by atoms with Crippen molar-refractivity contribution in [3.8, 4) is 0 Å². The molecule has 0 saturated heterocycles. The third-order valence-corrected chi connectivity index (χ3v) is 3.88. The smallest absolute Gasteiger partial charge is 0.249 e. The van der Waals surface area contributed by atoms with Crippen molar-refractivity contribution in [3.63, 3.8) is 0 Å². The second-order valence-corrected chi connectivity index (χ2v) is 6.12. The highest BCUT2D eigenvalue weighted by molar-refractivity contribution is 6.30. The van der Waals surface area contributed by atoms with Crippen LogP contribution in [-0.4, -0.2) is 15.7 Å². The summed E-state index contributed by atoms with van der Waals surface area (Å²) < 4.78 is 1.79. The summed E-state index contributed by atoms with van der Waals surface area (Å²) in [6, 6.07) is 19.2. The minimum atomic E-state index is -0.204. The van der Waals surface area contributed by atoms with Gasteiger partial charge < -0.3 is 5.32 Å². The van der Waals surface area contributed by atoms with Crippen LogP contribution >= 0.6 is 11.6 Å². The van der Waals surface area contributed by atoms with E-state index in [1.807, 2.05) is 55.5 Å². The lowest BCUT2D eigenvalue weighted by Crippen LogP contribution is -2.13. The van der Waals surface area contributed by atoms with E-state index < -0.39 is 0 Å². The number of carbonyl (C=O) groups is 1. The number of halogens is 1. The number of benzene rings is 2. The topological polar surface area (TPSA) is 46.9 Å². The van der Waals surface area contributed by atoms with Crippen LogP contribution in [0, 0.1) is 6.92 Å². The first-order valence-corrected chi connectivity index (χ1v) is 8.31. The minimum absolute atomic E-state index is 0.204. The summed E-state index contributed by atoms with van der Waals surface area (Å²) in [4.78, 5) is 12.2. The van der Waals surface area contributed by atoms with Gasteiger partial charge >= 0.3 is 0 Å². The van der Waals surface area contributed by atoms with Crippen LogP contribution in [0.3, 0.4) is 0 Å². The first-order chi connectivity index (χ1) is 12.1. The van der Waals surface area contributed by atoms with E-state index in [4.69, 9.17) is 11.6 Å². The fourth-order valence-electron chi connectivity index (χ4n) is 2.44. The summed E-state index contributed by atoms with van der Waals surface area (Å²) in [6.45, 7) is 2.51. The van der Waals surface area contributed by atoms with Gasteiger partial charge in [-0.3, -0.25) is 4.79 Å². The van der Waals surface area contributed by atoms with Crippen LogP contribution in [0.25, 0.3) is 6.08 Å². The van der Waals surface area contributed by atoms with Gasteiger partial charge in [0.15, 0.2) is 0 Å². The molecular formula is C20H18ClN3O. The van der Waals surface area contributed by atoms with E-state index in [0.717, 1.165) is 16.8 Å². The Kier molecular flexibility index (Phi) is 5.31. The number of anilines is 1. The number of amides is 1. The Bertz CT molecular complexity index is 883. The fraction of sp³-hybridized carbons (Fsp3) is 0.100. The molecule has 126 valence electrons. The van der Waals surface area contributed by atoms with Crippen molar-refractivity contribution in [2.75, 3.05) is 5.32 Å². The van der Waals surface area contributed by atoms with E-state index in [0.29, 0.717) is 17.4 Å². The van der Waals surface area contributed by atoms with Crippen molar-refractivity contribution < 1.29 is 4.79 Å². The number of aryl methyl sites for hydroxylation is 1. The molecule has 1 aromatic heterocycles. The minimum Gasteiger partial charge on any atom is -0.307 e. The molecule has 0 atom stereocenters. The second kappa shape index (κ2) is 7.81. The maximum atomic E-state index is 12.2. The summed E-state index contributed by atoms with van der Waals surface area (Å²) in [6.07, 6.45) is 3.24. The van der Waals surface area contributed by atoms with E-state index in [-0.39, 0.29) is 5.91 Å². The van der Waals surface area contributed by atoms with Gasteiger partial charge in [0.2, 0.25) is 5.91 Å². The first-order valence-electron chi connectivity index (χ1n) is 7.93. The van der Waals surface area contributed by atoms with Gasteiger partial charge in [0, 0.05) is 17.2 Å². The molecule has 0 saturated carbocycles. The van der Waals surface area contributed by atoms with Gasteiger partial charge in [-0.1, -0.05) is 54.1 Å². The van der Waals surface area contributed by atoms with Gasteiger partial charge in [-0.15, -0.1) is 0 Å². The number of aromatic nitrogens is 2. The Labute approximate surface area is 151 Å². The van der Waals surface area contributed by atoms with Crippen LogP contribution in [0.15, 0.2) is 66.7 Å². The Balaban J connectivity index is 1.70. The highest BCUT2D eigenvalue weighted by Gasteiger charge is 2.08. The molecule has 25 heavy (non-hydrogen) atoms. The van der Waals surface area contributed by atoms with E-state index in [1.165, 1.54) is 6.08 Å². The lowest BCUT2D eigenvalue weighted by molar-refractivity contribution is -0.111. The molecule has 3 rings (SSSR count). The molecule has 0 fully saturated rings. The summed E-state index contributed by atoms with van der Waals surface area (Å²) >= 11 is 5.85. The van der Waals surface area contributed by atoms with E-state index in [1.54, 1.807) is 22.9 Å². The van der Waals surface area contributed by atoms with Gasteiger partial charge in [-0.25, -0.2) is 4.68 Å². The number of rotatable bonds is 5. The Morgan fingerprint density at radius 3 is 2.60 bits per heavy atom. The number of carbonyl (C=O) groups excluding carboxylic acids is 1. The third-order valence-electron chi connectivity index (χ3n) is 3.63. The maximum Gasteiger partial charge on any atom is 0.249 e. The van der Waals surface area contributed by atoms with Crippen molar-refractivity contribution in [2.45, 2.75) is 13.5 Å². The van der Waals surface area contributed by atoms with Gasteiger partial charge in [0.1, 0.15) is 5.82 Å². The zero-order chi connectivity index (χ0) is 17.6. The standard InChI is InChI=1S/C20H18ClN3O/c1-15-13-19(24(23-15)14-17-5-3-2-4-6-17)22-20(25)12-9-16-7-10-18(21)11-8-16/h2-13H,14H2,1H3,(H,22,25). The molecule has 0 spiro atoms. The van der Waals surface area contributed by atoms with Crippen LogP contribution in [0.4, 0.5) is 5.82 Å². The molecule has 5 heteroatoms. The van der Waals surface area contributed by atoms with Crippen molar-refractivity contribution >= 4 is 29.4 Å². The molecule has 2 aromatic carbocycles. The average molecular weight is 352 g/mol. The van der Waals surface area contributed by atoms with Crippen LogP contribution in [0.2, 0.25) is 5.02 Å². The number of hydrogen-bond acceptors (Lipinski definition) is 2. The lowest BCUT2D eigenvalue weighted by atomic mass is 10.2. The second-order valence-electron chi connectivity index (χ2n) is 5.69. The van der Waals surface area contributed by atoms with Gasteiger partial charge in [0.25, 0.3) is 0 Å². The molecule has 0 aliphatic heterocycles. The molecule has 0 radical (unpaired) electrons. The van der Waals surface area contributed by atoms with E-state index in [9.17, 15) is 4.79 Å². The molecule has 0 aliphatic rings. The van der Waals surface area contributed by atoms with Crippen LogP contribution in [0.5, 0.6) is 0 Å². The van der Waals surface area contributed by atoms with E-state index in [2.05, 4.69) is 10.4 Å². The molecule has 1 heterocycles. The van der Waals surface area contributed by atoms with Crippen LogP contribution in [-0.2, 0) is 11.3 Å². The molecule has 4 nitrogen and oxygen atoms in total. The van der Waals surface area contributed by atoms with Gasteiger partial charge in [-0.05, 0) is 36.3 Å². The monoisotopic (exact) mass is 351 g/mol. The quantitative estimate of drug-likeness (QED) is 0.686. The van der Waals surface area contributed by atoms with Gasteiger partial charge in [0.05, 0.1) is 12.2 Å². The predicted molar refractivity (Wildman–Crippen MR) is 102 cm³/mol. The predicted octanol–water partition coefficient (Wildman–Crippen LogP) is 4.55. The highest BCUT2D eigenvalue weighted by atomic mass is 35.5. The maximum absolute atomic E-state index is 12.2.